The monoisotopic (exact) mass is 227 g/mol. The molecule has 0 fully saturated rings. The maximum Gasteiger partial charge on any atom is 0.146 e. The Morgan fingerprint density at radius 1 is 1.50 bits per heavy atom. The van der Waals surface area contributed by atoms with Crippen LogP contribution in [-0.2, 0) is 6.54 Å². The Bertz CT molecular complexity index is 309. The highest BCUT2D eigenvalue weighted by atomic mass is 19.1. The molecule has 0 radical (unpaired) electrons. The van der Waals surface area contributed by atoms with Crippen LogP contribution in [0.3, 0.4) is 0 Å². The van der Waals surface area contributed by atoms with Crippen molar-refractivity contribution in [2.24, 2.45) is 17.6 Å². The molecule has 92 valence electrons. The lowest BCUT2D eigenvalue weighted by atomic mass is 9.89. The lowest BCUT2D eigenvalue weighted by molar-refractivity contribution is 0.177. The van der Waals surface area contributed by atoms with Crippen LogP contribution < -0.4 is 5.73 Å². The maximum absolute atomic E-state index is 14.3. The SMILES string of the molecule is CCCn1nccc1C(F)C(CN)C(C)C. The number of hydrogen-bond donors (Lipinski definition) is 1. The van der Waals surface area contributed by atoms with Gasteiger partial charge in [0.25, 0.3) is 0 Å². The van der Waals surface area contributed by atoms with E-state index in [0.29, 0.717) is 12.2 Å². The Morgan fingerprint density at radius 2 is 2.19 bits per heavy atom. The molecule has 4 heteroatoms. The van der Waals surface area contributed by atoms with Gasteiger partial charge in [0.2, 0.25) is 0 Å². The molecular formula is C12H22FN3. The van der Waals surface area contributed by atoms with E-state index in [-0.39, 0.29) is 11.8 Å². The third kappa shape index (κ3) is 2.82. The standard InChI is InChI=1S/C12H22FN3/c1-4-7-16-11(5-6-15-16)12(13)10(8-14)9(2)3/h5-6,9-10,12H,4,7-8,14H2,1-3H3. The molecule has 0 aliphatic carbocycles. The summed E-state index contributed by atoms with van der Waals surface area (Å²) in [7, 11) is 0. The van der Waals surface area contributed by atoms with Crippen LogP contribution in [0.4, 0.5) is 4.39 Å². The van der Waals surface area contributed by atoms with Crippen molar-refractivity contribution in [1.29, 1.82) is 0 Å². The van der Waals surface area contributed by atoms with Crippen molar-refractivity contribution in [2.75, 3.05) is 6.54 Å². The van der Waals surface area contributed by atoms with Gasteiger partial charge in [-0.2, -0.15) is 5.10 Å². The van der Waals surface area contributed by atoms with E-state index in [0.717, 1.165) is 13.0 Å². The van der Waals surface area contributed by atoms with Crippen molar-refractivity contribution in [3.63, 3.8) is 0 Å². The molecule has 2 N–H and O–H groups in total. The van der Waals surface area contributed by atoms with Gasteiger partial charge in [-0.25, -0.2) is 4.39 Å². The zero-order valence-corrected chi connectivity index (χ0v) is 10.4. The van der Waals surface area contributed by atoms with Crippen molar-refractivity contribution in [1.82, 2.24) is 9.78 Å². The minimum atomic E-state index is -1.01. The number of nitrogens with zero attached hydrogens (tertiary/aromatic N) is 2. The topological polar surface area (TPSA) is 43.8 Å². The van der Waals surface area contributed by atoms with Gasteiger partial charge < -0.3 is 5.73 Å². The molecule has 0 aromatic carbocycles. The molecule has 1 rings (SSSR count). The van der Waals surface area contributed by atoms with Gasteiger partial charge in [0, 0.05) is 18.7 Å². The van der Waals surface area contributed by atoms with Crippen LogP contribution >= 0.6 is 0 Å². The van der Waals surface area contributed by atoms with Crippen molar-refractivity contribution in [3.05, 3.63) is 18.0 Å². The highest BCUT2D eigenvalue weighted by Crippen LogP contribution is 2.30. The van der Waals surface area contributed by atoms with Crippen LogP contribution in [0.1, 0.15) is 39.1 Å². The second kappa shape index (κ2) is 5.99. The van der Waals surface area contributed by atoms with Crippen molar-refractivity contribution >= 4 is 0 Å². The first kappa shape index (κ1) is 13.2. The third-order valence-corrected chi connectivity index (χ3v) is 2.97. The van der Waals surface area contributed by atoms with Crippen LogP contribution in [0, 0.1) is 11.8 Å². The Hall–Kier alpha value is -0.900. The second-order valence-corrected chi connectivity index (χ2v) is 4.52. The van der Waals surface area contributed by atoms with Crippen LogP contribution in [0.15, 0.2) is 12.3 Å². The number of aryl methyl sites for hydroxylation is 1. The Labute approximate surface area is 96.8 Å². The molecule has 0 aliphatic heterocycles. The van der Waals surface area contributed by atoms with Gasteiger partial charge in [0.05, 0.1) is 5.69 Å². The van der Waals surface area contributed by atoms with E-state index in [4.69, 9.17) is 5.73 Å². The number of nitrogens with two attached hydrogens (primary N) is 1. The summed E-state index contributed by atoms with van der Waals surface area (Å²) in [5, 5.41) is 4.14. The fraction of sp³-hybridized carbons (Fsp3) is 0.750. The van der Waals surface area contributed by atoms with E-state index in [1.54, 1.807) is 16.9 Å². The smallest absolute Gasteiger partial charge is 0.146 e. The van der Waals surface area contributed by atoms with E-state index in [1.807, 2.05) is 13.8 Å². The fourth-order valence-electron chi connectivity index (χ4n) is 1.92. The number of halogens is 1. The largest absolute Gasteiger partial charge is 0.330 e. The number of rotatable bonds is 6. The molecule has 0 amide bonds. The average Bonchev–Trinajstić information content (AvgIpc) is 2.66. The molecule has 0 spiro atoms. The van der Waals surface area contributed by atoms with Crippen molar-refractivity contribution in [3.8, 4) is 0 Å². The molecule has 2 unspecified atom stereocenters. The Morgan fingerprint density at radius 3 is 2.69 bits per heavy atom. The van der Waals surface area contributed by atoms with Crippen LogP contribution in [0.2, 0.25) is 0 Å². The van der Waals surface area contributed by atoms with Crippen molar-refractivity contribution in [2.45, 2.75) is 39.9 Å². The predicted octanol–water partition coefficient (Wildman–Crippen LogP) is 2.53. The molecule has 0 saturated heterocycles. The first-order chi connectivity index (χ1) is 7.61. The lowest BCUT2D eigenvalue weighted by Crippen LogP contribution is -2.26. The molecule has 1 aromatic rings. The summed E-state index contributed by atoms with van der Waals surface area (Å²) in [6.45, 7) is 7.20. The lowest BCUT2D eigenvalue weighted by Gasteiger charge is -2.23. The zero-order valence-electron chi connectivity index (χ0n) is 10.4. The summed E-state index contributed by atoms with van der Waals surface area (Å²) in [6, 6.07) is 1.76. The number of hydrogen-bond acceptors (Lipinski definition) is 2. The molecule has 0 bridgehead atoms. The van der Waals surface area contributed by atoms with E-state index < -0.39 is 6.17 Å². The van der Waals surface area contributed by atoms with Crippen molar-refractivity contribution < 1.29 is 4.39 Å². The zero-order chi connectivity index (χ0) is 12.1. The quantitative estimate of drug-likeness (QED) is 0.811. The Balaban J connectivity index is 2.85. The minimum Gasteiger partial charge on any atom is -0.330 e. The summed E-state index contributed by atoms with van der Waals surface area (Å²) < 4.78 is 16.1. The van der Waals surface area contributed by atoms with Gasteiger partial charge in [-0.3, -0.25) is 4.68 Å². The van der Waals surface area contributed by atoms with Crippen LogP contribution in [0.25, 0.3) is 0 Å². The van der Waals surface area contributed by atoms with Gasteiger partial charge in [0.1, 0.15) is 6.17 Å². The third-order valence-electron chi connectivity index (χ3n) is 2.97. The fourth-order valence-corrected chi connectivity index (χ4v) is 1.92. The predicted molar refractivity (Wildman–Crippen MR) is 63.7 cm³/mol. The molecule has 0 aliphatic rings. The molecule has 0 saturated carbocycles. The molecule has 3 nitrogen and oxygen atoms in total. The van der Waals surface area contributed by atoms with Gasteiger partial charge in [-0.05, 0) is 24.9 Å². The summed E-state index contributed by atoms with van der Waals surface area (Å²) in [5.41, 5.74) is 6.29. The molecule has 1 aromatic heterocycles. The number of aromatic nitrogens is 2. The minimum absolute atomic E-state index is 0.132. The van der Waals surface area contributed by atoms with Gasteiger partial charge in [-0.1, -0.05) is 20.8 Å². The number of alkyl halides is 1. The van der Waals surface area contributed by atoms with E-state index in [2.05, 4.69) is 12.0 Å². The summed E-state index contributed by atoms with van der Waals surface area (Å²) >= 11 is 0. The molecule has 1 heterocycles. The van der Waals surface area contributed by atoms with Gasteiger partial charge in [-0.15, -0.1) is 0 Å². The molecule has 16 heavy (non-hydrogen) atoms. The highest BCUT2D eigenvalue weighted by Gasteiger charge is 2.27. The van der Waals surface area contributed by atoms with E-state index in [1.165, 1.54) is 0 Å². The van der Waals surface area contributed by atoms with Crippen LogP contribution in [-0.4, -0.2) is 16.3 Å². The van der Waals surface area contributed by atoms with Crippen LogP contribution in [0.5, 0.6) is 0 Å². The first-order valence-electron chi connectivity index (χ1n) is 5.97. The van der Waals surface area contributed by atoms with E-state index in [9.17, 15) is 4.39 Å². The average molecular weight is 227 g/mol. The summed E-state index contributed by atoms with van der Waals surface area (Å²) in [4.78, 5) is 0. The maximum atomic E-state index is 14.3. The Kier molecular flexibility index (Phi) is 4.93. The first-order valence-corrected chi connectivity index (χ1v) is 5.97. The second-order valence-electron chi connectivity index (χ2n) is 4.52. The van der Waals surface area contributed by atoms with Gasteiger partial charge in [0.15, 0.2) is 0 Å². The highest BCUT2D eigenvalue weighted by molar-refractivity contribution is 5.06. The normalized spacial score (nSPS) is 15.4. The molecule has 2 atom stereocenters. The van der Waals surface area contributed by atoms with E-state index >= 15 is 0 Å². The molecular weight excluding hydrogens is 205 g/mol. The summed E-state index contributed by atoms with van der Waals surface area (Å²) in [5.74, 6) is 0.109. The van der Waals surface area contributed by atoms with Gasteiger partial charge >= 0.3 is 0 Å². The summed E-state index contributed by atoms with van der Waals surface area (Å²) in [6.07, 6.45) is 1.60.